The van der Waals surface area contributed by atoms with E-state index in [-0.39, 0.29) is 5.54 Å². The molecule has 0 bridgehead atoms. The van der Waals surface area contributed by atoms with Crippen LogP contribution >= 0.6 is 0 Å². The second-order valence-electron chi connectivity index (χ2n) is 4.22. The van der Waals surface area contributed by atoms with Crippen molar-refractivity contribution in [3.63, 3.8) is 0 Å². The number of nitrogens with one attached hydrogen (secondary N) is 1. The highest BCUT2D eigenvalue weighted by atomic mass is 28.3. The first-order valence-corrected chi connectivity index (χ1v) is 7.28. The zero-order valence-electron chi connectivity index (χ0n) is 9.53. The lowest BCUT2D eigenvalue weighted by Gasteiger charge is -2.26. The molecule has 13 heavy (non-hydrogen) atoms. The van der Waals surface area contributed by atoms with E-state index in [0.717, 1.165) is 18.9 Å². The standard InChI is InChI=1S/C10H22NOSi/c1-6-8-13(5)9(12)11-10(3,4)7-2/h6-8H2,1-5H3,(H,11,12). The maximum Gasteiger partial charge on any atom is 0.190 e. The quantitative estimate of drug-likeness (QED) is 0.679. The molecule has 0 aliphatic carbocycles. The van der Waals surface area contributed by atoms with E-state index in [2.05, 4.69) is 39.6 Å². The Hall–Kier alpha value is -0.313. The Morgan fingerprint density at radius 3 is 2.31 bits per heavy atom. The molecule has 0 spiro atoms. The highest BCUT2D eigenvalue weighted by Gasteiger charge is 2.21. The van der Waals surface area contributed by atoms with Crippen LogP contribution in [0.15, 0.2) is 0 Å². The molecule has 0 saturated carbocycles. The predicted molar refractivity (Wildman–Crippen MR) is 59.6 cm³/mol. The van der Waals surface area contributed by atoms with Crippen LogP contribution in [0.4, 0.5) is 4.79 Å². The monoisotopic (exact) mass is 200 g/mol. The van der Waals surface area contributed by atoms with Crippen LogP contribution < -0.4 is 5.32 Å². The molecule has 0 unspecified atom stereocenters. The van der Waals surface area contributed by atoms with Gasteiger partial charge in [-0.2, -0.15) is 0 Å². The molecule has 0 aromatic carbocycles. The van der Waals surface area contributed by atoms with Crippen molar-refractivity contribution >= 4 is 14.3 Å². The van der Waals surface area contributed by atoms with E-state index < -0.39 is 8.80 Å². The summed E-state index contributed by atoms with van der Waals surface area (Å²) in [4.78, 5) is 11.6. The lowest BCUT2D eigenvalue weighted by Crippen LogP contribution is -2.47. The lowest BCUT2D eigenvalue weighted by atomic mass is 10.0. The van der Waals surface area contributed by atoms with Gasteiger partial charge in [-0.05, 0) is 20.3 Å². The first-order valence-electron chi connectivity index (χ1n) is 5.08. The zero-order chi connectivity index (χ0) is 10.5. The topological polar surface area (TPSA) is 29.1 Å². The van der Waals surface area contributed by atoms with Crippen LogP contribution in [0.3, 0.4) is 0 Å². The smallest absolute Gasteiger partial charge is 0.190 e. The van der Waals surface area contributed by atoms with Gasteiger partial charge >= 0.3 is 0 Å². The summed E-state index contributed by atoms with van der Waals surface area (Å²) in [6.07, 6.45) is 2.10. The Morgan fingerprint density at radius 1 is 1.38 bits per heavy atom. The molecule has 0 aromatic rings. The Bertz CT molecular complexity index is 168. The molecule has 0 aromatic heterocycles. The molecule has 2 nitrogen and oxygen atoms in total. The molecule has 1 amide bonds. The normalized spacial score (nSPS) is 11.8. The summed E-state index contributed by atoms with van der Waals surface area (Å²) in [5, 5.41) is 3.10. The van der Waals surface area contributed by atoms with E-state index >= 15 is 0 Å². The summed E-state index contributed by atoms with van der Waals surface area (Å²) in [6, 6.07) is 1.08. The molecule has 0 saturated heterocycles. The summed E-state index contributed by atoms with van der Waals surface area (Å²) < 4.78 is 0. The molecule has 0 aliphatic heterocycles. The molecule has 0 aliphatic rings. The fourth-order valence-corrected chi connectivity index (χ4v) is 2.52. The number of hydrogen-bond acceptors (Lipinski definition) is 1. The van der Waals surface area contributed by atoms with E-state index in [1.165, 1.54) is 0 Å². The summed E-state index contributed by atoms with van der Waals surface area (Å²) in [6.45, 7) is 10.5. The van der Waals surface area contributed by atoms with Crippen LogP contribution in [-0.4, -0.2) is 19.9 Å². The van der Waals surface area contributed by atoms with Crippen molar-refractivity contribution in [3.8, 4) is 0 Å². The van der Waals surface area contributed by atoms with Gasteiger partial charge in [-0.15, -0.1) is 0 Å². The van der Waals surface area contributed by atoms with Crippen LogP contribution in [0.25, 0.3) is 0 Å². The van der Waals surface area contributed by atoms with Gasteiger partial charge in [0.2, 0.25) is 0 Å². The average Bonchev–Trinajstić information content (AvgIpc) is 2.04. The zero-order valence-corrected chi connectivity index (χ0v) is 10.5. The van der Waals surface area contributed by atoms with Gasteiger partial charge in [0.15, 0.2) is 14.3 Å². The third-order valence-electron chi connectivity index (χ3n) is 2.35. The minimum absolute atomic E-state index is 0.0310. The van der Waals surface area contributed by atoms with E-state index in [1.807, 2.05) is 0 Å². The van der Waals surface area contributed by atoms with Gasteiger partial charge in [0, 0.05) is 5.54 Å². The third-order valence-corrected chi connectivity index (χ3v) is 4.50. The molecule has 0 rings (SSSR count). The molecular weight excluding hydrogens is 178 g/mol. The highest BCUT2D eigenvalue weighted by molar-refractivity contribution is 6.88. The third kappa shape index (κ3) is 5.08. The van der Waals surface area contributed by atoms with Crippen molar-refractivity contribution in [2.24, 2.45) is 0 Å². The summed E-state index contributed by atoms with van der Waals surface area (Å²) in [5.41, 5.74) is 0.259. The van der Waals surface area contributed by atoms with Crippen molar-refractivity contribution in [1.82, 2.24) is 5.32 Å². The number of hydrogen-bond donors (Lipinski definition) is 1. The molecule has 3 heteroatoms. The van der Waals surface area contributed by atoms with Gasteiger partial charge in [-0.1, -0.05) is 32.9 Å². The number of carbonyl (C=O) groups is 1. The first kappa shape index (κ1) is 12.7. The largest absolute Gasteiger partial charge is 0.356 e. The van der Waals surface area contributed by atoms with E-state index in [1.54, 1.807) is 0 Å². The maximum absolute atomic E-state index is 11.6. The van der Waals surface area contributed by atoms with Gasteiger partial charge in [0.1, 0.15) is 0 Å². The predicted octanol–water partition coefficient (Wildman–Crippen LogP) is 3.00. The Kier molecular flexibility index (Phi) is 5.29. The summed E-state index contributed by atoms with van der Waals surface area (Å²) in [7, 11) is -0.811. The Morgan fingerprint density at radius 2 is 1.92 bits per heavy atom. The number of carbonyl (C=O) groups excluding carboxylic acids is 1. The minimum atomic E-state index is -0.811. The van der Waals surface area contributed by atoms with Crippen molar-refractivity contribution in [3.05, 3.63) is 0 Å². The van der Waals surface area contributed by atoms with Gasteiger partial charge in [-0.25, -0.2) is 0 Å². The number of amides is 1. The second kappa shape index (κ2) is 5.42. The van der Waals surface area contributed by atoms with Gasteiger partial charge in [-0.3, -0.25) is 4.79 Å². The number of rotatable bonds is 5. The Labute approximate surface area is 83.7 Å². The van der Waals surface area contributed by atoms with Crippen LogP contribution in [-0.2, 0) is 0 Å². The molecule has 1 radical (unpaired) electrons. The van der Waals surface area contributed by atoms with Crippen LogP contribution in [0, 0.1) is 0 Å². The Balaban J connectivity index is 3.99. The van der Waals surface area contributed by atoms with Gasteiger partial charge in [0.05, 0.1) is 0 Å². The average molecular weight is 200 g/mol. The van der Waals surface area contributed by atoms with Crippen molar-refractivity contribution in [2.75, 3.05) is 0 Å². The fraction of sp³-hybridized carbons (Fsp3) is 0.900. The minimum Gasteiger partial charge on any atom is -0.356 e. The molecule has 77 valence electrons. The van der Waals surface area contributed by atoms with Crippen LogP contribution in [0.5, 0.6) is 0 Å². The highest BCUT2D eigenvalue weighted by Crippen LogP contribution is 2.08. The SMILES string of the molecule is CCC[Si](C)C(=O)NC(C)(C)CC. The van der Waals surface area contributed by atoms with Gasteiger partial charge in [0.25, 0.3) is 0 Å². The van der Waals surface area contributed by atoms with Crippen molar-refractivity contribution in [1.29, 1.82) is 0 Å². The van der Waals surface area contributed by atoms with E-state index in [4.69, 9.17) is 0 Å². The molecular formula is C10H22NOSi. The molecule has 0 atom stereocenters. The molecule has 0 fully saturated rings. The van der Waals surface area contributed by atoms with E-state index in [9.17, 15) is 4.79 Å². The lowest BCUT2D eigenvalue weighted by molar-refractivity contribution is 0.247. The van der Waals surface area contributed by atoms with Crippen molar-refractivity contribution in [2.45, 2.75) is 58.7 Å². The second-order valence-corrected chi connectivity index (χ2v) is 6.74. The maximum atomic E-state index is 11.6. The molecule has 0 heterocycles. The summed E-state index contributed by atoms with van der Waals surface area (Å²) in [5.74, 6) is 0. The van der Waals surface area contributed by atoms with Crippen LogP contribution in [0.2, 0.25) is 12.6 Å². The van der Waals surface area contributed by atoms with E-state index in [0.29, 0.717) is 5.53 Å². The van der Waals surface area contributed by atoms with Crippen LogP contribution in [0.1, 0.15) is 40.5 Å². The van der Waals surface area contributed by atoms with Gasteiger partial charge < -0.3 is 5.32 Å². The first-order chi connectivity index (χ1) is 5.93. The fourth-order valence-electron chi connectivity index (χ4n) is 0.991. The molecule has 1 N–H and O–H groups in total. The summed E-state index contributed by atoms with van der Waals surface area (Å²) >= 11 is 0. The van der Waals surface area contributed by atoms with Crippen molar-refractivity contribution < 1.29 is 4.79 Å².